The van der Waals surface area contributed by atoms with Crippen molar-refractivity contribution in [1.82, 2.24) is 10.6 Å². The number of aliphatic imine (C=N–C) groups is 1. The van der Waals surface area contributed by atoms with E-state index in [2.05, 4.69) is 52.2 Å². The molecule has 2 N–H and O–H groups in total. The predicted octanol–water partition coefficient (Wildman–Crippen LogP) is 4.20. The lowest BCUT2D eigenvalue weighted by Crippen LogP contribution is -2.71. The Morgan fingerprint density at radius 2 is 1.79 bits per heavy atom. The second-order valence-electron chi connectivity index (χ2n) is 10.3. The van der Waals surface area contributed by atoms with E-state index in [1.54, 1.807) is 0 Å². The predicted molar refractivity (Wildman–Crippen MR) is 126 cm³/mol. The number of halogens is 1. The van der Waals surface area contributed by atoms with Crippen LogP contribution in [0.2, 0.25) is 0 Å². The first-order valence-corrected chi connectivity index (χ1v) is 11.0. The molecule has 5 atom stereocenters. The molecule has 0 aromatic heterocycles. The molecule has 5 unspecified atom stereocenters. The van der Waals surface area contributed by atoms with Crippen molar-refractivity contribution in [2.75, 3.05) is 26.3 Å². The van der Waals surface area contributed by atoms with Crippen molar-refractivity contribution in [3.05, 3.63) is 0 Å². The summed E-state index contributed by atoms with van der Waals surface area (Å²) in [6, 6.07) is 0.432. The average Bonchev–Trinajstić information content (AvgIpc) is 2.63. The minimum absolute atomic E-state index is 0. The number of guanidine groups is 1. The van der Waals surface area contributed by atoms with Gasteiger partial charge in [0.25, 0.3) is 0 Å². The fourth-order valence-corrected chi connectivity index (χ4v) is 5.48. The van der Waals surface area contributed by atoms with Gasteiger partial charge in [-0.05, 0) is 38.0 Å². The molecular formula is C22H42IN3O2. The first-order valence-electron chi connectivity index (χ1n) is 11.0. The Balaban J connectivity index is 0.00000280. The summed E-state index contributed by atoms with van der Waals surface area (Å²) < 4.78 is 12.2. The molecule has 0 spiro atoms. The van der Waals surface area contributed by atoms with Crippen LogP contribution in [-0.4, -0.2) is 50.5 Å². The molecule has 2 saturated heterocycles. The fraction of sp³-hybridized carbons (Fsp3) is 0.955. The van der Waals surface area contributed by atoms with E-state index in [4.69, 9.17) is 14.5 Å². The van der Waals surface area contributed by atoms with Crippen molar-refractivity contribution in [1.29, 1.82) is 0 Å². The molecule has 164 valence electrons. The SMILES string of the molecule is CCNC(=NCC1CCCOC1C(C)(C)C)NC1C2CCCOC2C1(C)C.I. The summed E-state index contributed by atoms with van der Waals surface area (Å²) in [5.41, 5.74) is 0.318. The summed E-state index contributed by atoms with van der Waals surface area (Å²) in [7, 11) is 0. The van der Waals surface area contributed by atoms with Gasteiger partial charge in [-0.25, -0.2) is 0 Å². The van der Waals surface area contributed by atoms with Gasteiger partial charge in [-0.15, -0.1) is 24.0 Å². The molecule has 1 saturated carbocycles. The molecule has 28 heavy (non-hydrogen) atoms. The van der Waals surface area contributed by atoms with Crippen LogP contribution in [0.4, 0.5) is 0 Å². The van der Waals surface area contributed by atoms with Gasteiger partial charge in [0.1, 0.15) is 0 Å². The second kappa shape index (κ2) is 9.82. The molecule has 0 aromatic carbocycles. The van der Waals surface area contributed by atoms with Gasteiger partial charge in [0.05, 0.1) is 12.2 Å². The summed E-state index contributed by atoms with van der Waals surface area (Å²) in [6.45, 7) is 17.1. The summed E-state index contributed by atoms with van der Waals surface area (Å²) in [6.07, 6.45) is 5.47. The van der Waals surface area contributed by atoms with Gasteiger partial charge in [0.2, 0.25) is 0 Å². The lowest BCUT2D eigenvalue weighted by atomic mass is 9.55. The number of nitrogens with one attached hydrogen (secondary N) is 2. The van der Waals surface area contributed by atoms with Crippen LogP contribution in [0.1, 0.15) is 67.2 Å². The number of hydrogen-bond donors (Lipinski definition) is 2. The third-order valence-electron chi connectivity index (χ3n) is 6.75. The van der Waals surface area contributed by atoms with Crippen molar-refractivity contribution >= 4 is 29.9 Å². The van der Waals surface area contributed by atoms with Crippen LogP contribution in [0.15, 0.2) is 4.99 Å². The van der Waals surface area contributed by atoms with Gasteiger partial charge in [0, 0.05) is 49.6 Å². The van der Waals surface area contributed by atoms with Crippen LogP contribution in [0.25, 0.3) is 0 Å². The molecular weight excluding hydrogens is 465 g/mol. The minimum atomic E-state index is 0. The summed E-state index contributed by atoms with van der Waals surface area (Å²) in [5.74, 6) is 2.06. The number of hydrogen-bond acceptors (Lipinski definition) is 3. The molecule has 0 bridgehead atoms. The topological polar surface area (TPSA) is 54.9 Å². The van der Waals surface area contributed by atoms with Crippen LogP contribution in [0.5, 0.6) is 0 Å². The molecule has 2 heterocycles. The first kappa shape index (κ1) is 24.2. The van der Waals surface area contributed by atoms with Crippen LogP contribution in [0, 0.1) is 22.7 Å². The molecule has 3 fully saturated rings. The summed E-state index contributed by atoms with van der Waals surface area (Å²) in [5, 5.41) is 7.22. The largest absolute Gasteiger partial charge is 0.377 e. The maximum absolute atomic E-state index is 6.14. The van der Waals surface area contributed by atoms with E-state index < -0.39 is 0 Å². The zero-order chi connectivity index (χ0) is 19.7. The fourth-order valence-electron chi connectivity index (χ4n) is 5.48. The van der Waals surface area contributed by atoms with Crippen molar-refractivity contribution < 1.29 is 9.47 Å². The second-order valence-corrected chi connectivity index (χ2v) is 10.3. The van der Waals surface area contributed by atoms with Crippen LogP contribution in [0.3, 0.4) is 0 Å². The molecule has 0 radical (unpaired) electrons. The Hall–Kier alpha value is -0.0800. The normalized spacial score (nSPS) is 35.2. The van der Waals surface area contributed by atoms with E-state index in [9.17, 15) is 0 Å². The summed E-state index contributed by atoms with van der Waals surface area (Å²) >= 11 is 0. The van der Waals surface area contributed by atoms with E-state index in [0.717, 1.165) is 38.7 Å². The average molecular weight is 508 g/mol. The van der Waals surface area contributed by atoms with E-state index in [0.29, 0.717) is 24.0 Å². The number of nitrogens with zero attached hydrogens (tertiary/aromatic N) is 1. The highest BCUT2D eigenvalue weighted by Gasteiger charge is 2.58. The number of rotatable bonds is 4. The number of ether oxygens (including phenoxy) is 2. The van der Waals surface area contributed by atoms with Gasteiger partial charge in [-0.2, -0.15) is 0 Å². The Bertz CT molecular complexity index is 532. The zero-order valence-corrected chi connectivity index (χ0v) is 21.0. The zero-order valence-electron chi connectivity index (χ0n) is 18.7. The highest BCUT2D eigenvalue weighted by atomic mass is 127. The van der Waals surface area contributed by atoms with E-state index in [-0.39, 0.29) is 40.9 Å². The monoisotopic (exact) mass is 507 g/mol. The smallest absolute Gasteiger partial charge is 0.191 e. The Morgan fingerprint density at radius 1 is 1.11 bits per heavy atom. The lowest BCUT2D eigenvalue weighted by molar-refractivity contribution is -0.188. The van der Waals surface area contributed by atoms with Crippen molar-refractivity contribution in [3.8, 4) is 0 Å². The van der Waals surface area contributed by atoms with Gasteiger partial charge < -0.3 is 20.1 Å². The third-order valence-corrected chi connectivity index (χ3v) is 6.75. The van der Waals surface area contributed by atoms with E-state index in [1.165, 1.54) is 19.3 Å². The standard InChI is InChI=1S/C22H41N3O2.HI/c1-7-23-20(24-14-15-10-8-12-26-18(15)21(2,3)4)25-17-16-11-9-13-27-19(16)22(17,5)6;/h15-19H,7-14H2,1-6H3,(H2,23,24,25);1H. The minimum Gasteiger partial charge on any atom is -0.377 e. The number of fused-ring (bicyclic) bond motifs is 1. The quantitative estimate of drug-likeness (QED) is 0.340. The van der Waals surface area contributed by atoms with Crippen molar-refractivity contribution in [3.63, 3.8) is 0 Å². The molecule has 6 heteroatoms. The first-order chi connectivity index (χ1) is 12.7. The Kier molecular flexibility index (Phi) is 8.48. The Labute approximate surface area is 189 Å². The van der Waals surface area contributed by atoms with Gasteiger partial charge in [0.15, 0.2) is 5.96 Å². The molecule has 0 aromatic rings. The van der Waals surface area contributed by atoms with Gasteiger partial charge >= 0.3 is 0 Å². The van der Waals surface area contributed by atoms with Gasteiger partial charge in [-0.3, -0.25) is 4.99 Å². The maximum atomic E-state index is 6.14. The highest BCUT2D eigenvalue weighted by molar-refractivity contribution is 14.0. The molecule has 5 nitrogen and oxygen atoms in total. The van der Waals surface area contributed by atoms with Gasteiger partial charge in [-0.1, -0.05) is 34.6 Å². The van der Waals surface area contributed by atoms with Crippen LogP contribution >= 0.6 is 24.0 Å². The molecule has 3 rings (SSSR count). The van der Waals surface area contributed by atoms with E-state index >= 15 is 0 Å². The summed E-state index contributed by atoms with van der Waals surface area (Å²) in [4.78, 5) is 5.00. The lowest BCUT2D eigenvalue weighted by Gasteiger charge is -2.60. The third kappa shape index (κ3) is 5.15. The molecule has 1 aliphatic carbocycles. The van der Waals surface area contributed by atoms with E-state index in [1.807, 2.05) is 0 Å². The Morgan fingerprint density at radius 3 is 2.46 bits per heavy atom. The molecule has 2 aliphatic heterocycles. The van der Waals surface area contributed by atoms with Crippen molar-refractivity contribution in [2.24, 2.45) is 27.7 Å². The van der Waals surface area contributed by atoms with Crippen LogP contribution in [-0.2, 0) is 9.47 Å². The highest BCUT2D eigenvalue weighted by Crippen LogP contribution is 2.51. The maximum Gasteiger partial charge on any atom is 0.191 e. The molecule has 3 aliphatic rings. The molecule has 0 amide bonds. The van der Waals surface area contributed by atoms with Crippen molar-refractivity contribution in [2.45, 2.75) is 85.5 Å². The van der Waals surface area contributed by atoms with Crippen LogP contribution < -0.4 is 10.6 Å².